The Kier molecular flexibility index (Phi) is 4.40. The molecule has 0 radical (unpaired) electrons. The molecule has 2 nitrogen and oxygen atoms in total. The number of benzene rings is 1. The molecule has 2 rings (SSSR count). The summed E-state index contributed by atoms with van der Waals surface area (Å²) in [6.45, 7) is 1.90. The molecule has 1 fully saturated rings. The smallest absolute Gasteiger partial charge is 0.186 e. The zero-order valence-electron chi connectivity index (χ0n) is 10.2. The molecule has 1 heterocycles. The number of halogens is 3. The van der Waals surface area contributed by atoms with Gasteiger partial charge in [-0.2, -0.15) is 0 Å². The van der Waals surface area contributed by atoms with Crippen molar-refractivity contribution in [1.29, 1.82) is 0 Å². The van der Waals surface area contributed by atoms with Gasteiger partial charge in [0.1, 0.15) is 10.8 Å². The van der Waals surface area contributed by atoms with Crippen molar-refractivity contribution in [3.05, 3.63) is 28.3 Å². The van der Waals surface area contributed by atoms with Crippen molar-refractivity contribution in [3.63, 3.8) is 0 Å². The molecule has 1 aromatic rings. The second-order valence-corrected chi connectivity index (χ2v) is 4.95. The lowest BCUT2D eigenvalue weighted by Gasteiger charge is -2.23. The van der Waals surface area contributed by atoms with Crippen LogP contribution in [0, 0.1) is 17.6 Å². The summed E-state index contributed by atoms with van der Waals surface area (Å²) in [5, 5.41) is 2.76. The lowest BCUT2D eigenvalue weighted by molar-refractivity contribution is 0.350. The monoisotopic (exact) mass is 275 g/mol. The summed E-state index contributed by atoms with van der Waals surface area (Å²) in [4.78, 5) is 0. The Hall–Kier alpha value is -0.870. The highest BCUT2D eigenvalue weighted by Crippen LogP contribution is 2.33. The molecule has 1 aromatic carbocycles. The van der Waals surface area contributed by atoms with E-state index in [1.54, 1.807) is 0 Å². The van der Waals surface area contributed by atoms with Gasteiger partial charge in [0.2, 0.25) is 0 Å². The highest BCUT2D eigenvalue weighted by atomic mass is 35.5. The van der Waals surface area contributed by atoms with E-state index in [4.69, 9.17) is 16.3 Å². The van der Waals surface area contributed by atoms with Crippen LogP contribution in [0.2, 0.25) is 5.02 Å². The minimum atomic E-state index is -0.803. The third kappa shape index (κ3) is 2.75. The predicted molar refractivity (Wildman–Crippen MR) is 67.2 cm³/mol. The van der Waals surface area contributed by atoms with Gasteiger partial charge >= 0.3 is 0 Å². The van der Waals surface area contributed by atoms with Crippen LogP contribution in [0.4, 0.5) is 8.78 Å². The Bertz CT molecular complexity index is 433. The van der Waals surface area contributed by atoms with Crippen molar-refractivity contribution >= 4 is 11.6 Å². The van der Waals surface area contributed by atoms with Crippen molar-refractivity contribution in [2.24, 2.45) is 5.92 Å². The third-order valence-corrected chi connectivity index (χ3v) is 3.71. The van der Waals surface area contributed by atoms with E-state index in [0.717, 1.165) is 25.9 Å². The summed E-state index contributed by atoms with van der Waals surface area (Å²) >= 11 is 5.54. The van der Waals surface area contributed by atoms with Gasteiger partial charge in [0.25, 0.3) is 0 Å². The van der Waals surface area contributed by atoms with Crippen molar-refractivity contribution in [2.45, 2.75) is 19.3 Å². The van der Waals surface area contributed by atoms with E-state index in [2.05, 4.69) is 5.32 Å². The fraction of sp³-hybridized carbons (Fsp3) is 0.538. The first-order chi connectivity index (χ1) is 8.63. The fourth-order valence-corrected chi connectivity index (χ4v) is 2.54. The molecule has 0 amide bonds. The molecule has 18 heavy (non-hydrogen) atoms. The normalized spacial score (nSPS) is 16.9. The number of rotatable bonds is 3. The number of hydrogen-bond acceptors (Lipinski definition) is 2. The van der Waals surface area contributed by atoms with E-state index < -0.39 is 16.7 Å². The topological polar surface area (TPSA) is 21.3 Å². The molecule has 1 saturated heterocycles. The molecule has 0 atom stereocenters. The molecule has 1 aliphatic heterocycles. The number of piperidine rings is 1. The SMILES string of the molecule is COc1c(CC2CCNCC2)cc(F)c(Cl)c1F. The molecule has 0 saturated carbocycles. The van der Waals surface area contributed by atoms with Crippen LogP contribution in [0.1, 0.15) is 18.4 Å². The van der Waals surface area contributed by atoms with Gasteiger partial charge < -0.3 is 10.1 Å². The van der Waals surface area contributed by atoms with Gasteiger partial charge in [-0.05, 0) is 44.3 Å². The minimum Gasteiger partial charge on any atom is -0.493 e. The van der Waals surface area contributed by atoms with Crippen LogP contribution in [0.5, 0.6) is 5.75 Å². The summed E-state index contributed by atoms with van der Waals surface area (Å²) in [6.07, 6.45) is 2.64. The van der Waals surface area contributed by atoms with Crippen molar-refractivity contribution < 1.29 is 13.5 Å². The van der Waals surface area contributed by atoms with E-state index in [9.17, 15) is 8.78 Å². The van der Waals surface area contributed by atoms with E-state index in [-0.39, 0.29) is 5.75 Å². The van der Waals surface area contributed by atoms with Crippen molar-refractivity contribution in [3.8, 4) is 5.75 Å². The molecule has 0 spiro atoms. The second kappa shape index (κ2) is 5.85. The summed E-state index contributed by atoms with van der Waals surface area (Å²) in [6, 6.07) is 1.28. The van der Waals surface area contributed by atoms with Gasteiger partial charge in [-0.15, -0.1) is 0 Å². The van der Waals surface area contributed by atoms with E-state index in [1.165, 1.54) is 13.2 Å². The number of nitrogens with one attached hydrogen (secondary N) is 1. The number of ether oxygens (including phenoxy) is 1. The molecule has 1 N–H and O–H groups in total. The van der Waals surface area contributed by atoms with Gasteiger partial charge in [-0.1, -0.05) is 11.6 Å². The number of hydrogen-bond donors (Lipinski definition) is 1. The lowest BCUT2D eigenvalue weighted by atomic mass is 9.90. The third-order valence-electron chi connectivity index (χ3n) is 3.37. The molecule has 0 aromatic heterocycles. The lowest BCUT2D eigenvalue weighted by Crippen LogP contribution is -2.28. The van der Waals surface area contributed by atoms with Gasteiger partial charge in [0.15, 0.2) is 11.6 Å². The van der Waals surface area contributed by atoms with E-state index in [1.807, 2.05) is 0 Å². The minimum absolute atomic E-state index is 0.0694. The average Bonchev–Trinajstić information content (AvgIpc) is 2.38. The van der Waals surface area contributed by atoms with Gasteiger partial charge in [0, 0.05) is 5.56 Å². The predicted octanol–water partition coefficient (Wildman–Crippen LogP) is 3.17. The zero-order valence-corrected chi connectivity index (χ0v) is 11.0. The molecule has 0 aliphatic carbocycles. The maximum Gasteiger partial charge on any atom is 0.186 e. The first-order valence-electron chi connectivity index (χ1n) is 6.04. The van der Waals surface area contributed by atoms with Crippen molar-refractivity contribution in [1.82, 2.24) is 5.32 Å². The van der Waals surface area contributed by atoms with Crippen LogP contribution in [-0.2, 0) is 6.42 Å². The number of methoxy groups -OCH3 is 1. The van der Waals surface area contributed by atoms with Crippen LogP contribution < -0.4 is 10.1 Å². The van der Waals surface area contributed by atoms with Gasteiger partial charge in [-0.25, -0.2) is 8.78 Å². The van der Waals surface area contributed by atoms with Crippen LogP contribution in [0.25, 0.3) is 0 Å². The summed E-state index contributed by atoms with van der Waals surface area (Å²) in [5.74, 6) is -1.03. The molecule has 0 bridgehead atoms. The van der Waals surface area contributed by atoms with Gasteiger partial charge in [-0.3, -0.25) is 0 Å². The summed E-state index contributed by atoms with van der Waals surface area (Å²) in [5.41, 5.74) is 0.559. The van der Waals surface area contributed by atoms with E-state index >= 15 is 0 Å². The summed E-state index contributed by atoms with van der Waals surface area (Å²) < 4.78 is 32.3. The molecule has 100 valence electrons. The molecular formula is C13H16ClF2NO. The maximum absolute atomic E-state index is 13.8. The maximum atomic E-state index is 13.8. The Balaban J connectivity index is 2.25. The molecule has 1 aliphatic rings. The Labute approximate surface area is 110 Å². The van der Waals surface area contributed by atoms with Crippen LogP contribution >= 0.6 is 11.6 Å². The fourth-order valence-electron chi connectivity index (χ4n) is 2.40. The first kappa shape index (κ1) is 13.6. The first-order valence-corrected chi connectivity index (χ1v) is 6.42. The molecule has 5 heteroatoms. The molecule has 0 unspecified atom stereocenters. The highest BCUT2D eigenvalue weighted by molar-refractivity contribution is 6.31. The van der Waals surface area contributed by atoms with Crippen molar-refractivity contribution in [2.75, 3.05) is 20.2 Å². The standard InChI is InChI=1S/C13H16ClF2NO/c1-18-13-9(6-8-2-4-17-5-3-8)7-10(15)11(14)12(13)16/h7-8,17H,2-6H2,1H3. The Morgan fingerprint density at radius 2 is 2.06 bits per heavy atom. The van der Waals surface area contributed by atoms with E-state index in [0.29, 0.717) is 17.9 Å². The van der Waals surface area contributed by atoms with Crippen LogP contribution in [-0.4, -0.2) is 20.2 Å². The summed E-state index contributed by atoms with van der Waals surface area (Å²) in [7, 11) is 1.37. The Morgan fingerprint density at radius 1 is 1.39 bits per heavy atom. The Morgan fingerprint density at radius 3 is 2.67 bits per heavy atom. The second-order valence-electron chi connectivity index (χ2n) is 4.58. The zero-order chi connectivity index (χ0) is 13.1. The quantitative estimate of drug-likeness (QED) is 0.856. The van der Waals surface area contributed by atoms with Gasteiger partial charge in [0.05, 0.1) is 7.11 Å². The molecular weight excluding hydrogens is 260 g/mol. The average molecular weight is 276 g/mol. The van der Waals surface area contributed by atoms with Crippen LogP contribution in [0.15, 0.2) is 6.07 Å². The largest absolute Gasteiger partial charge is 0.493 e. The van der Waals surface area contributed by atoms with Crippen LogP contribution in [0.3, 0.4) is 0 Å². The highest BCUT2D eigenvalue weighted by Gasteiger charge is 2.21.